The number of carbonyl (C=O) groups excluding carboxylic acids is 1. The fourth-order valence-electron chi connectivity index (χ4n) is 3.82. The SMILES string of the molecule is CCN(Cc1ccncc1)C(=O)CN1Cc2ccccc2O[C@H](c2ccccc2)C1. The molecular weight excluding hydrogens is 374 g/mol. The van der Waals surface area contributed by atoms with Crippen LogP contribution < -0.4 is 4.74 Å². The lowest BCUT2D eigenvalue weighted by Crippen LogP contribution is -2.41. The Bertz CT molecular complexity index is 962. The fraction of sp³-hybridized carbons (Fsp3) is 0.280. The second-order valence-corrected chi connectivity index (χ2v) is 7.56. The summed E-state index contributed by atoms with van der Waals surface area (Å²) in [6, 6.07) is 22.2. The lowest BCUT2D eigenvalue weighted by atomic mass is 10.1. The average Bonchev–Trinajstić information content (AvgIpc) is 2.97. The van der Waals surface area contributed by atoms with Crippen LogP contribution in [0.15, 0.2) is 79.1 Å². The number of fused-ring (bicyclic) bond motifs is 1. The molecule has 0 radical (unpaired) electrons. The topological polar surface area (TPSA) is 45.7 Å². The summed E-state index contributed by atoms with van der Waals surface area (Å²) in [6.07, 6.45) is 3.42. The van der Waals surface area contributed by atoms with Gasteiger partial charge in [0.15, 0.2) is 0 Å². The maximum Gasteiger partial charge on any atom is 0.237 e. The summed E-state index contributed by atoms with van der Waals surface area (Å²) in [6.45, 7) is 5.01. The molecule has 0 aliphatic carbocycles. The fourth-order valence-corrected chi connectivity index (χ4v) is 3.82. The number of benzene rings is 2. The zero-order valence-corrected chi connectivity index (χ0v) is 17.3. The molecule has 0 saturated carbocycles. The summed E-state index contributed by atoms with van der Waals surface area (Å²) in [5.74, 6) is 1.02. The van der Waals surface area contributed by atoms with Crippen LogP contribution in [0.1, 0.15) is 29.7 Å². The number of likely N-dealkylation sites (N-methyl/N-ethyl adjacent to an activating group) is 1. The van der Waals surface area contributed by atoms with E-state index in [9.17, 15) is 4.79 Å². The Labute approximate surface area is 177 Å². The number of hydrogen-bond acceptors (Lipinski definition) is 4. The first-order valence-corrected chi connectivity index (χ1v) is 10.4. The second kappa shape index (κ2) is 9.55. The molecule has 1 aromatic heterocycles. The van der Waals surface area contributed by atoms with Crippen LogP contribution in [0.3, 0.4) is 0 Å². The molecule has 0 saturated heterocycles. The number of rotatable bonds is 6. The van der Waals surface area contributed by atoms with Crippen molar-refractivity contribution in [2.24, 2.45) is 0 Å². The van der Waals surface area contributed by atoms with Gasteiger partial charge in [0.1, 0.15) is 11.9 Å². The van der Waals surface area contributed by atoms with Gasteiger partial charge in [-0.25, -0.2) is 0 Å². The van der Waals surface area contributed by atoms with Crippen molar-refractivity contribution in [3.63, 3.8) is 0 Å². The highest BCUT2D eigenvalue weighted by molar-refractivity contribution is 5.78. The van der Waals surface area contributed by atoms with Crippen LogP contribution in [-0.4, -0.2) is 40.3 Å². The number of hydrogen-bond donors (Lipinski definition) is 0. The van der Waals surface area contributed by atoms with Crippen LogP contribution in [0.4, 0.5) is 0 Å². The molecule has 2 aromatic carbocycles. The predicted molar refractivity (Wildman–Crippen MR) is 117 cm³/mol. The number of pyridine rings is 1. The van der Waals surface area contributed by atoms with E-state index in [1.807, 2.05) is 60.4 Å². The predicted octanol–water partition coefficient (Wildman–Crippen LogP) is 4.07. The normalized spacial score (nSPS) is 16.2. The molecule has 3 aromatic rings. The van der Waals surface area contributed by atoms with Crippen LogP contribution in [0.25, 0.3) is 0 Å². The average molecular weight is 402 g/mol. The number of aromatic nitrogens is 1. The summed E-state index contributed by atoms with van der Waals surface area (Å²) in [5, 5.41) is 0. The van der Waals surface area contributed by atoms with Gasteiger partial charge in [0, 0.05) is 44.1 Å². The van der Waals surface area contributed by atoms with E-state index in [1.165, 1.54) is 0 Å². The minimum atomic E-state index is -0.113. The van der Waals surface area contributed by atoms with E-state index in [-0.39, 0.29) is 12.0 Å². The van der Waals surface area contributed by atoms with E-state index >= 15 is 0 Å². The Morgan fingerprint density at radius 1 is 1.07 bits per heavy atom. The van der Waals surface area contributed by atoms with Crippen LogP contribution in [-0.2, 0) is 17.9 Å². The van der Waals surface area contributed by atoms with Crippen molar-refractivity contribution in [1.29, 1.82) is 0 Å². The standard InChI is InChI=1S/C25H27N3O2/c1-2-28(16-20-12-14-26-15-13-20)25(29)19-27-17-22-10-6-7-11-23(22)30-24(18-27)21-8-4-3-5-9-21/h3-15,24H,2,16-19H2,1H3/t24-/m0/s1. The van der Waals surface area contributed by atoms with Gasteiger partial charge in [-0.1, -0.05) is 48.5 Å². The van der Waals surface area contributed by atoms with Crippen LogP contribution >= 0.6 is 0 Å². The highest BCUT2D eigenvalue weighted by atomic mass is 16.5. The summed E-state index contributed by atoms with van der Waals surface area (Å²) in [7, 11) is 0. The summed E-state index contributed by atoms with van der Waals surface area (Å²) < 4.78 is 6.36. The van der Waals surface area contributed by atoms with Gasteiger partial charge in [0.05, 0.1) is 6.54 Å². The quantitative estimate of drug-likeness (QED) is 0.625. The van der Waals surface area contributed by atoms with Gasteiger partial charge < -0.3 is 9.64 Å². The summed E-state index contributed by atoms with van der Waals surface area (Å²) >= 11 is 0. The number of nitrogens with zero attached hydrogens (tertiary/aromatic N) is 3. The Kier molecular flexibility index (Phi) is 6.40. The van der Waals surface area contributed by atoms with Gasteiger partial charge >= 0.3 is 0 Å². The molecule has 5 nitrogen and oxygen atoms in total. The van der Waals surface area contributed by atoms with Gasteiger partial charge in [-0.2, -0.15) is 0 Å². The lowest BCUT2D eigenvalue weighted by Gasteiger charge is -2.27. The van der Waals surface area contributed by atoms with Crippen LogP contribution in [0.2, 0.25) is 0 Å². The Balaban J connectivity index is 1.52. The minimum Gasteiger partial charge on any atom is -0.484 e. The number of amides is 1. The number of carbonyl (C=O) groups is 1. The molecule has 0 N–H and O–H groups in total. The van der Waals surface area contributed by atoms with Crippen molar-refractivity contribution in [3.8, 4) is 5.75 Å². The van der Waals surface area contributed by atoms with Gasteiger partial charge in [-0.15, -0.1) is 0 Å². The van der Waals surface area contributed by atoms with Crippen molar-refractivity contribution in [1.82, 2.24) is 14.8 Å². The van der Waals surface area contributed by atoms with E-state index in [0.717, 1.165) is 22.4 Å². The third-order valence-corrected chi connectivity index (χ3v) is 5.45. The Hall–Kier alpha value is -3.18. The summed E-state index contributed by atoms with van der Waals surface area (Å²) in [5.41, 5.74) is 3.32. The molecule has 0 bridgehead atoms. The summed E-state index contributed by atoms with van der Waals surface area (Å²) in [4.78, 5) is 21.3. The molecule has 1 aliphatic rings. The lowest BCUT2D eigenvalue weighted by molar-refractivity contribution is -0.133. The maximum atomic E-state index is 13.1. The first-order valence-electron chi connectivity index (χ1n) is 10.4. The Morgan fingerprint density at radius 3 is 2.57 bits per heavy atom. The van der Waals surface area contributed by atoms with Gasteiger partial charge in [0.25, 0.3) is 0 Å². The van der Waals surface area contributed by atoms with E-state index in [4.69, 9.17) is 4.74 Å². The van der Waals surface area contributed by atoms with Crippen molar-refractivity contribution in [2.45, 2.75) is 26.1 Å². The zero-order valence-electron chi connectivity index (χ0n) is 17.3. The third kappa shape index (κ3) is 4.86. The molecule has 154 valence electrons. The van der Waals surface area contributed by atoms with Crippen molar-refractivity contribution in [3.05, 3.63) is 95.8 Å². The highest BCUT2D eigenvalue weighted by Gasteiger charge is 2.26. The van der Waals surface area contributed by atoms with E-state index in [2.05, 4.69) is 28.1 Å². The number of ether oxygens (including phenoxy) is 1. The molecule has 1 aliphatic heterocycles. The van der Waals surface area contributed by atoms with Crippen molar-refractivity contribution < 1.29 is 9.53 Å². The maximum absolute atomic E-state index is 13.1. The smallest absolute Gasteiger partial charge is 0.237 e. The van der Waals surface area contributed by atoms with Crippen molar-refractivity contribution >= 4 is 5.91 Å². The van der Waals surface area contributed by atoms with E-state index in [1.54, 1.807) is 12.4 Å². The Morgan fingerprint density at radius 2 is 1.80 bits per heavy atom. The molecule has 0 fully saturated rings. The molecule has 1 atom stereocenters. The van der Waals surface area contributed by atoms with Crippen molar-refractivity contribution in [2.75, 3.05) is 19.6 Å². The minimum absolute atomic E-state index is 0.113. The molecular formula is C25H27N3O2. The molecule has 0 spiro atoms. The molecule has 5 heteroatoms. The monoisotopic (exact) mass is 401 g/mol. The van der Waals surface area contributed by atoms with Gasteiger partial charge in [0.2, 0.25) is 5.91 Å². The van der Waals surface area contributed by atoms with E-state index in [0.29, 0.717) is 32.7 Å². The largest absolute Gasteiger partial charge is 0.484 e. The molecule has 0 unspecified atom stereocenters. The number of para-hydroxylation sites is 1. The molecule has 2 heterocycles. The third-order valence-electron chi connectivity index (χ3n) is 5.45. The molecule has 30 heavy (non-hydrogen) atoms. The van der Waals surface area contributed by atoms with Gasteiger partial charge in [-0.05, 0) is 36.2 Å². The highest BCUT2D eigenvalue weighted by Crippen LogP contribution is 2.31. The van der Waals surface area contributed by atoms with E-state index < -0.39 is 0 Å². The second-order valence-electron chi connectivity index (χ2n) is 7.56. The van der Waals surface area contributed by atoms with Crippen LogP contribution in [0, 0.1) is 0 Å². The zero-order chi connectivity index (χ0) is 20.8. The van der Waals surface area contributed by atoms with Crippen LogP contribution in [0.5, 0.6) is 5.75 Å². The molecule has 1 amide bonds. The first kappa shape index (κ1) is 20.1. The molecule has 4 rings (SSSR count). The van der Waals surface area contributed by atoms with Gasteiger partial charge in [-0.3, -0.25) is 14.7 Å². The first-order chi connectivity index (χ1) is 14.7.